The maximum Gasteiger partial charge on any atom is 1.00 e. The Morgan fingerprint density at radius 2 is 2.05 bits per heavy atom. The van der Waals surface area contributed by atoms with Crippen molar-refractivity contribution >= 4 is 27.7 Å². The molecule has 2 atom stereocenters. The van der Waals surface area contributed by atoms with Crippen molar-refractivity contribution in [1.82, 2.24) is 0 Å². The van der Waals surface area contributed by atoms with Crippen molar-refractivity contribution in [3.05, 3.63) is 24.0 Å². The minimum absolute atomic E-state index is 0. The minimum atomic E-state index is -4.64. The van der Waals surface area contributed by atoms with Crippen molar-refractivity contribution in [2.24, 2.45) is 0 Å². The Bertz CT molecular complexity index is 543. The SMILES string of the molecule is CCCCCC(=O)OC1=CC=CC(S(=O)(=O)[O-])C1(Cl)CC.[Na+]. The van der Waals surface area contributed by atoms with E-state index in [1.807, 2.05) is 6.92 Å². The molecule has 1 aliphatic rings. The first-order valence-corrected chi connectivity index (χ1v) is 8.84. The van der Waals surface area contributed by atoms with Crippen LogP contribution in [0.4, 0.5) is 0 Å². The molecule has 0 fully saturated rings. The van der Waals surface area contributed by atoms with E-state index in [4.69, 9.17) is 16.3 Å². The normalized spacial score (nSPS) is 24.4. The third-order valence-electron chi connectivity index (χ3n) is 3.43. The van der Waals surface area contributed by atoms with Crippen LogP contribution >= 0.6 is 11.6 Å². The smallest absolute Gasteiger partial charge is 0.747 e. The van der Waals surface area contributed by atoms with Gasteiger partial charge in [0.15, 0.2) is 0 Å². The average molecular weight is 359 g/mol. The van der Waals surface area contributed by atoms with Crippen molar-refractivity contribution in [1.29, 1.82) is 0 Å². The van der Waals surface area contributed by atoms with Crippen LogP contribution in [0.3, 0.4) is 0 Å². The fourth-order valence-electron chi connectivity index (χ4n) is 2.19. The molecular formula is C14H20ClNaO5S. The Morgan fingerprint density at radius 1 is 1.41 bits per heavy atom. The van der Waals surface area contributed by atoms with Gasteiger partial charge in [0.25, 0.3) is 0 Å². The van der Waals surface area contributed by atoms with Crippen molar-refractivity contribution in [2.75, 3.05) is 0 Å². The van der Waals surface area contributed by atoms with E-state index in [0.29, 0.717) is 6.42 Å². The van der Waals surface area contributed by atoms with Crippen molar-refractivity contribution < 1.29 is 52.1 Å². The number of esters is 1. The average Bonchev–Trinajstić information content (AvgIpc) is 2.40. The summed E-state index contributed by atoms with van der Waals surface area (Å²) in [7, 11) is -4.64. The Labute approximate surface area is 159 Å². The van der Waals surface area contributed by atoms with Gasteiger partial charge in [-0.2, -0.15) is 0 Å². The van der Waals surface area contributed by atoms with Crippen LogP contribution in [0.25, 0.3) is 0 Å². The summed E-state index contributed by atoms with van der Waals surface area (Å²) in [4.78, 5) is 10.2. The van der Waals surface area contributed by atoms with Crippen LogP contribution in [0, 0.1) is 0 Å². The molecule has 0 spiro atoms. The molecule has 0 N–H and O–H groups in total. The second kappa shape index (κ2) is 9.45. The predicted molar refractivity (Wildman–Crippen MR) is 79.8 cm³/mol. The summed E-state index contributed by atoms with van der Waals surface area (Å²) in [6.45, 7) is 3.66. The molecule has 0 heterocycles. The number of rotatable bonds is 7. The molecule has 0 aromatic rings. The summed E-state index contributed by atoms with van der Waals surface area (Å²) in [5.41, 5.74) is 0. The van der Waals surface area contributed by atoms with E-state index >= 15 is 0 Å². The number of halogens is 1. The zero-order valence-corrected chi connectivity index (χ0v) is 16.7. The summed E-state index contributed by atoms with van der Waals surface area (Å²) in [6.07, 6.45) is 7.02. The molecule has 0 saturated carbocycles. The van der Waals surface area contributed by atoms with Gasteiger partial charge in [-0.3, -0.25) is 4.79 Å². The number of hydrogen-bond donors (Lipinski definition) is 0. The molecule has 0 saturated heterocycles. The van der Waals surface area contributed by atoms with Crippen LogP contribution in [0.15, 0.2) is 24.0 Å². The van der Waals surface area contributed by atoms with Gasteiger partial charge in [-0.05, 0) is 18.9 Å². The minimum Gasteiger partial charge on any atom is -0.747 e. The van der Waals surface area contributed by atoms with E-state index in [0.717, 1.165) is 12.8 Å². The quantitative estimate of drug-likeness (QED) is 0.208. The van der Waals surface area contributed by atoms with Crippen LogP contribution in [-0.2, 0) is 19.6 Å². The first-order chi connectivity index (χ1) is 9.75. The molecule has 1 aliphatic carbocycles. The Hall–Kier alpha value is 0.150. The van der Waals surface area contributed by atoms with Gasteiger partial charge in [0.1, 0.15) is 20.8 Å². The summed E-state index contributed by atoms with van der Waals surface area (Å²) in [6, 6.07) is 0. The molecule has 8 heteroatoms. The third kappa shape index (κ3) is 5.65. The number of ether oxygens (including phenoxy) is 1. The molecule has 0 bridgehead atoms. The van der Waals surface area contributed by atoms with Crippen LogP contribution < -0.4 is 29.6 Å². The fourth-order valence-corrected chi connectivity index (χ4v) is 3.71. The molecule has 22 heavy (non-hydrogen) atoms. The predicted octanol–water partition coefficient (Wildman–Crippen LogP) is -0.131. The van der Waals surface area contributed by atoms with Crippen molar-refractivity contribution in [2.45, 2.75) is 56.1 Å². The molecular weight excluding hydrogens is 339 g/mol. The molecule has 0 amide bonds. The topological polar surface area (TPSA) is 83.5 Å². The van der Waals surface area contributed by atoms with E-state index in [2.05, 4.69) is 0 Å². The Balaban J connectivity index is 0.00000441. The van der Waals surface area contributed by atoms with E-state index in [9.17, 15) is 17.8 Å². The van der Waals surface area contributed by atoms with Crippen LogP contribution in [-0.4, -0.2) is 29.1 Å². The number of carbonyl (C=O) groups excluding carboxylic acids is 1. The van der Waals surface area contributed by atoms with Gasteiger partial charge in [0, 0.05) is 6.42 Å². The molecule has 2 unspecified atom stereocenters. The second-order valence-electron chi connectivity index (χ2n) is 4.98. The summed E-state index contributed by atoms with van der Waals surface area (Å²) >= 11 is 6.31. The van der Waals surface area contributed by atoms with Crippen LogP contribution in [0.1, 0.15) is 46.0 Å². The summed E-state index contributed by atoms with van der Waals surface area (Å²) < 4.78 is 39.2. The molecule has 1 rings (SSSR count). The van der Waals surface area contributed by atoms with Gasteiger partial charge in [0.2, 0.25) is 0 Å². The van der Waals surface area contributed by atoms with E-state index in [1.165, 1.54) is 18.2 Å². The number of allylic oxidation sites excluding steroid dienone is 3. The van der Waals surface area contributed by atoms with E-state index < -0.39 is 26.2 Å². The zero-order chi connectivity index (χ0) is 16.1. The summed E-state index contributed by atoms with van der Waals surface area (Å²) in [5.74, 6) is -0.439. The van der Waals surface area contributed by atoms with Crippen molar-refractivity contribution in [3.63, 3.8) is 0 Å². The Kier molecular flexibility index (Phi) is 9.51. The van der Waals surface area contributed by atoms with Crippen LogP contribution in [0.2, 0.25) is 0 Å². The van der Waals surface area contributed by atoms with Gasteiger partial charge >= 0.3 is 35.5 Å². The number of hydrogen-bond acceptors (Lipinski definition) is 5. The maximum atomic E-state index is 11.8. The fraction of sp³-hybridized carbons (Fsp3) is 0.643. The largest absolute Gasteiger partial charge is 1.00 e. The van der Waals surface area contributed by atoms with Gasteiger partial charge in [-0.25, -0.2) is 8.42 Å². The van der Waals surface area contributed by atoms with Gasteiger partial charge < -0.3 is 9.29 Å². The molecule has 5 nitrogen and oxygen atoms in total. The number of alkyl halides is 1. The summed E-state index contributed by atoms with van der Waals surface area (Å²) in [5, 5.41) is -1.44. The van der Waals surface area contributed by atoms with Crippen molar-refractivity contribution in [3.8, 4) is 0 Å². The molecule has 0 aromatic heterocycles. The Morgan fingerprint density at radius 3 is 2.55 bits per heavy atom. The number of unbranched alkanes of at least 4 members (excludes halogenated alkanes) is 2. The molecule has 0 aromatic carbocycles. The first-order valence-electron chi connectivity index (χ1n) is 6.99. The van der Waals surface area contributed by atoms with E-state index in [1.54, 1.807) is 6.92 Å². The molecule has 0 aliphatic heterocycles. The number of carbonyl (C=O) groups is 1. The maximum absolute atomic E-state index is 11.8. The van der Waals surface area contributed by atoms with Gasteiger partial charge in [0.05, 0.1) is 5.25 Å². The van der Waals surface area contributed by atoms with E-state index in [-0.39, 0.29) is 48.2 Å². The first kappa shape index (κ1) is 22.1. The molecule has 120 valence electrons. The van der Waals surface area contributed by atoms with Gasteiger partial charge in [-0.15, -0.1) is 11.6 Å². The van der Waals surface area contributed by atoms with Gasteiger partial charge in [-0.1, -0.05) is 38.8 Å². The monoisotopic (exact) mass is 358 g/mol. The zero-order valence-electron chi connectivity index (χ0n) is 13.2. The standard InChI is InChI=1S/C14H21ClO5S.Na/c1-3-5-6-10-13(16)20-11-8-7-9-12(21(17,18)19)14(11,15)4-2;/h7-9,12H,3-6,10H2,1-2H3,(H,17,18,19);/q;+1/p-1. The second-order valence-corrected chi connectivity index (χ2v) is 7.14. The molecule has 0 radical (unpaired) electrons. The third-order valence-corrected chi connectivity index (χ3v) is 5.43. The van der Waals surface area contributed by atoms with Crippen LogP contribution in [0.5, 0.6) is 0 Å².